The molecule has 0 aliphatic carbocycles. The van der Waals surface area contributed by atoms with Gasteiger partial charge in [0.15, 0.2) is 0 Å². The van der Waals surface area contributed by atoms with Gasteiger partial charge < -0.3 is 27.9 Å². The third-order valence-electron chi connectivity index (χ3n) is 6.15. The molecule has 1 heterocycles. The number of carbonyl (C=O) groups excluding carboxylic acids is 4. The molecule has 1 aromatic heterocycles. The number of carbonyl (C=O) groups is 2. The van der Waals surface area contributed by atoms with Crippen LogP contribution >= 0.6 is 0 Å². The summed E-state index contributed by atoms with van der Waals surface area (Å²) in [5.74, 6) is -0.0488. The molecule has 0 atom stereocenters. The first-order valence-corrected chi connectivity index (χ1v) is 11.5. The van der Waals surface area contributed by atoms with E-state index in [2.05, 4.69) is 9.97 Å². The minimum atomic E-state index is -0.533. The number of aromatic nitrogens is 2. The van der Waals surface area contributed by atoms with Crippen LogP contribution in [0.15, 0.2) is 0 Å². The van der Waals surface area contributed by atoms with E-state index in [1.54, 1.807) is 0 Å². The summed E-state index contributed by atoms with van der Waals surface area (Å²) in [6.45, 7) is 17.6. The van der Waals surface area contributed by atoms with Gasteiger partial charge in [0.25, 0.3) is 11.8 Å². The number of rotatable bonds is 3. The summed E-state index contributed by atoms with van der Waals surface area (Å²) in [5.41, 5.74) is 31.3. The molecule has 0 aliphatic heterocycles. The fraction of sp³-hybridized carbons (Fsp3) is 0.385. The smallest absolute Gasteiger partial charge is 0.373 e. The number of nitrogens with one attached hydrogen (secondary N) is 1. The van der Waals surface area contributed by atoms with Gasteiger partial charge in [-0.05, 0) is 74.9 Å². The molecule has 0 bridgehead atoms. The van der Waals surface area contributed by atoms with Gasteiger partial charge in [0.2, 0.25) is 0 Å². The highest BCUT2D eigenvalue weighted by molar-refractivity contribution is 6.07. The van der Waals surface area contributed by atoms with Crippen LogP contribution in [0.3, 0.4) is 0 Å². The number of nitrogens with two attached hydrogens (primary N) is 4. The SMILES string of the molecule is CC.CCc1nc2c(C)c(C)c(C)c(C(N)=O)c2[nH]1.Cc1c(C)c(N)c(N)c(C(N)=O)c1C.O=C=O. The Kier molecular flexibility index (Phi) is 12.1. The zero-order chi connectivity index (χ0) is 28.5. The number of amides is 2. The zero-order valence-corrected chi connectivity index (χ0v) is 22.6. The van der Waals surface area contributed by atoms with Crippen molar-refractivity contribution >= 4 is 40.4 Å². The molecule has 2 amide bonds. The Morgan fingerprint density at radius 1 is 0.750 bits per heavy atom. The number of aromatic amines is 1. The number of nitrogens with zero attached hydrogens (tertiary/aromatic N) is 1. The van der Waals surface area contributed by atoms with Crippen LogP contribution < -0.4 is 22.9 Å². The van der Waals surface area contributed by atoms with Gasteiger partial charge >= 0.3 is 6.15 Å². The van der Waals surface area contributed by atoms with Gasteiger partial charge in [-0.15, -0.1) is 0 Å². The Balaban J connectivity index is 0.000000586. The van der Waals surface area contributed by atoms with Crippen molar-refractivity contribution in [3.63, 3.8) is 0 Å². The van der Waals surface area contributed by atoms with Gasteiger partial charge in [-0.1, -0.05) is 20.8 Å². The van der Waals surface area contributed by atoms with Crippen LogP contribution in [-0.4, -0.2) is 27.9 Å². The lowest BCUT2D eigenvalue weighted by Gasteiger charge is -2.15. The van der Waals surface area contributed by atoms with E-state index in [0.717, 1.165) is 56.7 Å². The molecule has 10 nitrogen and oxygen atoms in total. The van der Waals surface area contributed by atoms with Crippen molar-refractivity contribution in [3.05, 3.63) is 50.3 Å². The van der Waals surface area contributed by atoms with E-state index in [-0.39, 0.29) is 11.8 Å². The Bertz CT molecular complexity index is 1270. The molecular formula is C26H38N6O4. The van der Waals surface area contributed by atoms with Gasteiger partial charge in [-0.3, -0.25) is 9.59 Å². The van der Waals surface area contributed by atoms with Crippen molar-refractivity contribution in [3.8, 4) is 0 Å². The molecule has 2 aromatic carbocycles. The van der Waals surface area contributed by atoms with Crippen LogP contribution in [0.2, 0.25) is 0 Å². The second kappa shape index (κ2) is 13.7. The second-order valence-electron chi connectivity index (χ2n) is 7.90. The van der Waals surface area contributed by atoms with Crippen LogP contribution in [-0.2, 0) is 16.0 Å². The van der Waals surface area contributed by atoms with E-state index in [1.165, 1.54) is 0 Å². The summed E-state index contributed by atoms with van der Waals surface area (Å²) < 4.78 is 0. The van der Waals surface area contributed by atoms with E-state index >= 15 is 0 Å². The molecule has 3 aromatic rings. The first kappa shape index (κ1) is 31.8. The van der Waals surface area contributed by atoms with Crippen LogP contribution in [0.25, 0.3) is 11.0 Å². The topological polar surface area (TPSA) is 201 Å². The molecule has 0 fully saturated rings. The molecule has 3 rings (SSSR count). The highest BCUT2D eigenvalue weighted by Crippen LogP contribution is 2.30. The van der Waals surface area contributed by atoms with Crippen molar-refractivity contribution in [2.24, 2.45) is 11.5 Å². The Morgan fingerprint density at radius 3 is 1.58 bits per heavy atom. The third-order valence-corrected chi connectivity index (χ3v) is 6.15. The van der Waals surface area contributed by atoms with Crippen molar-refractivity contribution in [1.82, 2.24) is 9.97 Å². The molecule has 0 saturated carbocycles. The molecule has 196 valence electrons. The van der Waals surface area contributed by atoms with E-state index in [0.29, 0.717) is 16.8 Å². The lowest BCUT2D eigenvalue weighted by atomic mass is 9.95. The lowest BCUT2D eigenvalue weighted by molar-refractivity contribution is -0.191. The number of nitrogen functional groups attached to an aromatic ring is 2. The number of imidazole rings is 1. The summed E-state index contributed by atoms with van der Waals surface area (Å²) in [6.07, 6.45) is 1.06. The highest BCUT2D eigenvalue weighted by Gasteiger charge is 2.19. The van der Waals surface area contributed by atoms with Crippen LogP contribution in [0.5, 0.6) is 0 Å². The Morgan fingerprint density at radius 2 is 1.17 bits per heavy atom. The minimum Gasteiger partial charge on any atom is -0.397 e. The molecular weight excluding hydrogens is 460 g/mol. The van der Waals surface area contributed by atoms with Crippen molar-refractivity contribution in [2.75, 3.05) is 11.5 Å². The molecule has 0 radical (unpaired) electrons. The van der Waals surface area contributed by atoms with Crippen molar-refractivity contribution in [1.29, 1.82) is 0 Å². The molecule has 10 heteroatoms. The third kappa shape index (κ3) is 6.49. The van der Waals surface area contributed by atoms with Crippen LogP contribution in [0, 0.1) is 41.5 Å². The number of aryl methyl sites for hydroxylation is 2. The average molecular weight is 499 g/mol. The number of hydrogen-bond donors (Lipinski definition) is 5. The predicted octanol–water partition coefficient (Wildman–Crippen LogP) is 3.47. The molecule has 0 saturated heterocycles. The molecule has 36 heavy (non-hydrogen) atoms. The number of fused-ring (bicyclic) bond motifs is 1. The molecule has 0 unspecified atom stereocenters. The quantitative estimate of drug-likeness (QED) is 0.340. The van der Waals surface area contributed by atoms with Gasteiger partial charge in [0, 0.05) is 6.42 Å². The van der Waals surface area contributed by atoms with Crippen LogP contribution in [0.1, 0.15) is 80.7 Å². The second-order valence-corrected chi connectivity index (χ2v) is 7.90. The zero-order valence-electron chi connectivity index (χ0n) is 22.6. The Hall–Kier alpha value is -4.17. The summed E-state index contributed by atoms with van der Waals surface area (Å²) in [5, 5.41) is 0. The summed E-state index contributed by atoms with van der Waals surface area (Å²) in [7, 11) is 0. The van der Waals surface area contributed by atoms with Crippen molar-refractivity contribution in [2.45, 2.75) is 68.7 Å². The maximum absolute atomic E-state index is 11.6. The number of H-pyrrole nitrogens is 1. The number of anilines is 2. The van der Waals surface area contributed by atoms with E-state index in [9.17, 15) is 9.59 Å². The molecule has 0 aliphatic rings. The molecule has 9 N–H and O–H groups in total. The van der Waals surface area contributed by atoms with Gasteiger partial charge in [0.1, 0.15) is 5.82 Å². The summed E-state index contributed by atoms with van der Waals surface area (Å²) >= 11 is 0. The van der Waals surface area contributed by atoms with Gasteiger partial charge in [-0.25, -0.2) is 4.98 Å². The van der Waals surface area contributed by atoms with E-state index in [1.807, 2.05) is 62.3 Å². The minimum absolute atomic E-state index is 0.250. The number of hydrogen-bond acceptors (Lipinski definition) is 7. The van der Waals surface area contributed by atoms with E-state index in [4.69, 9.17) is 32.5 Å². The summed E-state index contributed by atoms with van der Waals surface area (Å²) in [6, 6.07) is 0. The first-order valence-electron chi connectivity index (χ1n) is 11.5. The van der Waals surface area contributed by atoms with Crippen molar-refractivity contribution < 1.29 is 19.2 Å². The maximum Gasteiger partial charge on any atom is 0.373 e. The fourth-order valence-electron chi connectivity index (χ4n) is 3.71. The normalized spacial score (nSPS) is 9.58. The summed E-state index contributed by atoms with van der Waals surface area (Å²) in [4.78, 5) is 46.7. The number of benzene rings is 2. The lowest BCUT2D eigenvalue weighted by Crippen LogP contribution is -2.18. The fourth-order valence-corrected chi connectivity index (χ4v) is 3.71. The number of primary amides is 2. The first-order chi connectivity index (χ1) is 16.8. The average Bonchev–Trinajstić information content (AvgIpc) is 3.26. The highest BCUT2D eigenvalue weighted by atomic mass is 16.2. The monoisotopic (exact) mass is 498 g/mol. The largest absolute Gasteiger partial charge is 0.397 e. The van der Waals surface area contributed by atoms with Crippen LogP contribution in [0.4, 0.5) is 11.4 Å². The Labute approximate surface area is 211 Å². The maximum atomic E-state index is 11.6. The van der Waals surface area contributed by atoms with Gasteiger partial charge in [-0.2, -0.15) is 9.59 Å². The van der Waals surface area contributed by atoms with E-state index < -0.39 is 11.8 Å². The predicted molar refractivity (Wildman–Crippen MR) is 143 cm³/mol. The van der Waals surface area contributed by atoms with Gasteiger partial charge in [0.05, 0.1) is 33.5 Å². The standard InChI is InChI=1S/C13H17N3O.C10H15N3O.C2H6.CO2/c1-5-9-15-11-8(4)6(2)7(3)10(13(14)17)12(11)16-9;1-4-5(2)7(10(13)14)9(12)8(11)6(4)3;1-2;2-1-3/h5H2,1-4H3,(H2,14,17)(H,15,16);11-12H2,1-3H3,(H2,13,14);1-2H3;. The molecule has 0 spiro atoms.